The Bertz CT molecular complexity index is 760. The molecule has 1 aliphatic heterocycles. The zero-order valence-corrected chi connectivity index (χ0v) is 13.4. The number of amides is 1. The van der Waals surface area contributed by atoms with Crippen molar-refractivity contribution >= 4 is 5.91 Å². The maximum atomic E-state index is 13.4. The van der Waals surface area contributed by atoms with Crippen molar-refractivity contribution in [2.45, 2.75) is 25.0 Å². The number of hydrogen-bond acceptors (Lipinski definition) is 3. The molecule has 24 heavy (non-hydrogen) atoms. The number of halogens is 1. The van der Waals surface area contributed by atoms with Crippen molar-refractivity contribution < 1.29 is 19.4 Å². The van der Waals surface area contributed by atoms with Crippen molar-refractivity contribution in [3.63, 3.8) is 0 Å². The van der Waals surface area contributed by atoms with Crippen molar-refractivity contribution in [1.29, 1.82) is 0 Å². The van der Waals surface area contributed by atoms with Crippen molar-refractivity contribution in [3.8, 4) is 11.1 Å². The van der Waals surface area contributed by atoms with Crippen LogP contribution in [0.15, 0.2) is 48.5 Å². The van der Waals surface area contributed by atoms with Gasteiger partial charge >= 0.3 is 0 Å². The fraction of sp³-hybridized carbons (Fsp3) is 0.316. The predicted octanol–water partition coefficient (Wildman–Crippen LogP) is 2.45. The SMILES string of the molecule is C[C@@]1(O)CCN(C(=O)c2cccc(-c3cccc(F)c3)c2)C[C@H]1O. The Kier molecular flexibility index (Phi) is 4.39. The summed E-state index contributed by atoms with van der Waals surface area (Å²) in [5.74, 6) is -0.534. The number of β-amino-alcohol motifs (C(OH)–C–C–N with tert-alkyl or cyclic N) is 1. The van der Waals surface area contributed by atoms with E-state index in [0.717, 1.165) is 5.56 Å². The highest BCUT2D eigenvalue weighted by Gasteiger charge is 2.38. The standard InChI is InChI=1S/C19H20FNO3/c1-19(24)8-9-21(12-17(19)22)18(23)15-6-2-4-13(10-15)14-5-3-7-16(20)11-14/h2-7,10-11,17,22,24H,8-9,12H2,1H3/t17-,19-/m1/s1. The third-order valence-corrected chi connectivity index (χ3v) is 4.55. The van der Waals surface area contributed by atoms with Crippen LogP contribution >= 0.6 is 0 Å². The summed E-state index contributed by atoms with van der Waals surface area (Å²) in [5, 5.41) is 20.0. The second kappa shape index (κ2) is 6.34. The molecule has 2 aromatic rings. The van der Waals surface area contributed by atoms with Gasteiger partial charge in [-0.25, -0.2) is 4.39 Å². The number of hydrogen-bond donors (Lipinski definition) is 2. The number of rotatable bonds is 2. The molecule has 1 fully saturated rings. The number of likely N-dealkylation sites (tertiary alicyclic amines) is 1. The van der Waals surface area contributed by atoms with E-state index in [2.05, 4.69) is 0 Å². The molecule has 1 saturated heterocycles. The van der Waals surface area contributed by atoms with Crippen LogP contribution in [0.2, 0.25) is 0 Å². The normalized spacial score (nSPS) is 24.0. The summed E-state index contributed by atoms with van der Waals surface area (Å²) in [6.07, 6.45) is -0.648. The lowest BCUT2D eigenvalue weighted by Gasteiger charge is -2.39. The van der Waals surface area contributed by atoms with Crippen LogP contribution in [-0.4, -0.2) is 45.8 Å². The minimum absolute atomic E-state index is 0.0933. The van der Waals surface area contributed by atoms with Gasteiger partial charge in [-0.05, 0) is 48.7 Å². The van der Waals surface area contributed by atoms with Gasteiger partial charge in [0.2, 0.25) is 0 Å². The lowest BCUT2D eigenvalue weighted by atomic mass is 9.90. The quantitative estimate of drug-likeness (QED) is 0.890. The molecule has 2 atom stereocenters. The Balaban J connectivity index is 1.83. The third-order valence-electron chi connectivity index (χ3n) is 4.55. The Morgan fingerprint density at radius 2 is 1.88 bits per heavy atom. The highest BCUT2D eigenvalue weighted by atomic mass is 19.1. The number of carbonyl (C=O) groups is 1. The van der Waals surface area contributed by atoms with Gasteiger partial charge in [0.15, 0.2) is 0 Å². The molecule has 0 aliphatic carbocycles. The smallest absolute Gasteiger partial charge is 0.253 e. The molecule has 5 heteroatoms. The van der Waals surface area contributed by atoms with Crippen molar-refractivity contribution in [3.05, 3.63) is 59.9 Å². The fourth-order valence-corrected chi connectivity index (χ4v) is 2.89. The van der Waals surface area contributed by atoms with E-state index in [1.165, 1.54) is 17.0 Å². The number of benzene rings is 2. The Hall–Kier alpha value is -2.24. The summed E-state index contributed by atoms with van der Waals surface area (Å²) in [5.41, 5.74) is 0.766. The number of aliphatic hydroxyl groups is 2. The van der Waals surface area contributed by atoms with Gasteiger partial charge in [0.1, 0.15) is 5.82 Å². The first-order valence-corrected chi connectivity index (χ1v) is 7.92. The summed E-state index contributed by atoms with van der Waals surface area (Å²) in [4.78, 5) is 14.2. The van der Waals surface area contributed by atoms with Crippen molar-refractivity contribution in [1.82, 2.24) is 4.90 Å². The molecule has 2 N–H and O–H groups in total. The van der Waals surface area contributed by atoms with Gasteiger partial charge in [0.25, 0.3) is 5.91 Å². The van der Waals surface area contributed by atoms with Crippen LogP contribution in [0.25, 0.3) is 11.1 Å². The molecule has 0 aromatic heterocycles. The highest BCUT2D eigenvalue weighted by molar-refractivity contribution is 5.95. The van der Waals surface area contributed by atoms with Gasteiger partial charge in [-0.1, -0.05) is 24.3 Å². The molecule has 0 spiro atoms. The molecule has 3 rings (SSSR count). The fourth-order valence-electron chi connectivity index (χ4n) is 2.89. The first-order chi connectivity index (χ1) is 11.4. The zero-order valence-electron chi connectivity index (χ0n) is 13.4. The Morgan fingerprint density at radius 1 is 1.21 bits per heavy atom. The summed E-state index contributed by atoms with van der Waals surface area (Å²) in [6.45, 7) is 2.05. The molecule has 0 radical (unpaired) electrons. The predicted molar refractivity (Wildman–Crippen MR) is 89.0 cm³/mol. The van der Waals surface area contributed by atoms with E-state index in [9.17, 15) is 19.4 Å². The van der Waals surface area contributed by atoms with Gasteiger partial charge in [0, 0.05) is 18.7 Å². The van der Waals surface area contributed by atoms with Crippen LogP contribution in [0.3, 0.4) is 0 Å². The Morgan fingerprint density at radius 3 is 2.54 bits per heavy atom. The summed E-state index contributed by atoms with van der Waals surface area (Å²) >= 11 is 0. The lowest BCUT2D eigenvalue weighted by molar-refractivity contribution is -0.0999. The molecule has 126 valence electrons. The second-order valence-corrected chi connectivity index (χ2v) is 6.47. The van der Waals surface area contributed by atoms with E-state index in [4.69, 9.17) is 0 Å². The maximum Gasteiger partial charge on any atom is 0.253 e. The highest BCUT2D eigenvalue weighted by Crippen LogP contribution is 2.25. The lowest BCUT2D eigenvalue weighted by Crippen LogP contribution is -2.55. The van der Waals surface area contributed by atoms with Gasteiger partial charge in [-0.15, -0.1) is 0 Å². The molecular formula is C19H20FNO3. The third kappa shape index (κ3) is 3.32. The van der Waals surface area contributed by atoms with E-state index in [1.54, 1.807) is 37.3 Å². The van der Waals surface area contributed by atoms with Crippen molar-refractivity contribution in [2.24, 2.45) is 0 Å². The largest absolute Gasteiger partial charge is 0.388 e. The number of aliphatic hydroxyl groups excluding tert-OH is 1. The van der Waals surface area contributed by atoms with E-state index >= 15 is 0 Å². The average Bonchev–Trinajstić information content (AvgIpc) is 2.57. The van der Waals surface area contributed by atoms with Crippen LogP contribution in [0.4, 0.5) is 4.39 Å². The molecule has 1 aliphatic rings. The van der Waals surface area contributed by atoms with Crippen LogP contribution in [0.5, 0.6) is 0 Å². The van der Waals surface area contributed by atoms with E-state index in [1.807, 2.05) is 6.07 Å². The molecular weight excluding hydrogens is 309 g/mol. The molecule has 1 heterocycles. The minimum atomic E-state index is -1.17. The zero-order chi connectivity index (χ0) is 17.3. The van der Waals surface area contributed by atoms with Gasteiger partial charge < -0.3 is 15.1 Å². The van der Waals surface area contributed by atoms with Crippen LogP contribution in [0, 0.1) is 5.82 Å². The molecule has 1 amide bonds. The summed E-state index contributed by atoms with van der Waals surface area (Å²) in [6, 6.07) is 13.2. The first kappa shape index (κ1) is 16.6. The second-order valence-electron chi connectivity index (χ2n) is 6.47. The number of nitrogens with zero attached hydrogens (tertiary/aromatic N) is 1. The summed E-state index contributed by atoms with van der Waals surface area (Å²) in [7, 11) is 0. The Labute approximate surface area is 140 Å². The van der Waals surface area contributed by atoms with E-state index < -0.39 is 11.7 Å². The van der Waals surface area contributed by atoms with Gasteiger partial charge in [-0.3, -0.25) is 4.79 Å². The van der Waals surface area contributed by atoms with Crippen molar-refractivity contribution in [2.75, 3.05) is 13.1 Å². The molecule has 0 saturated carbocycles. The molecule has 4 nitrogen and oxygen atoms in total. The van der Waals surface area contributed by atoms with E-state index in [0.29, 0.717) is 24.1 Å². The number of carbonyl (C=O) groups excluding carboxylic acids is 1. The minimum Gasteiger partial charge on any atom is -0.388 e. The molecule has 2 aromatic carbocycles. The van der Waals surface area contributed by atoms with Crippen LogP contribution < -0.4 is 0 Å². The van der Waals surface area contributed by atoms with Crippen LogP contribution in [-0.2, 0) is 0 Å². The van der Waals surface area contributed by atoms with Crippen LogP contribution in [0.1, 0.15) is 23.7 Å². The van der Waals surface area contributed by atoms with Gasteiger partial charge in [-0.2, -0.15) is 0 Å². The monoisotopic (exact) mass is 329 g/mol. The maximum absolute atomic E-state index is 13.4. The van der Waals surface area contributed by atoms with Gasteiger partial charge in [0.05, 0.1) is 11.7 Å². The molecule has 0 unspecified atom stereocenters. The average molecular weight is 329 g/mol. The summed E-state index contributed by atoms with van der Waals surface area (Å²) < 4.78 is 13.4. The van der Waals surface area contributed by atoms with E-state index in [-0.39, 0.29) is 18.3 Å². The molecule has 0 bridgehead atoms. The first-order valence-electron chi connectivity index (χ1n) is 7.92. The number of piperidine rings is 1. The topological polar surface area (TPSA) is 60.8 Å².